The second kappa shape index (κ2) is 6.60. The maximum absolute atomic E-state index is 12.7. The lowest BCUT2D eigenvalue weighted by molar-refractivity contribution is -0.116. The van der Waals surface area contributed by atoms with Crippen LogP contribution in [0.25, 0.3) is 0 Å². The van der Waals surface area contributed by atoms with Crippen molar-refractivity contribution < 1.29 is 34.2 Å². The van der Waals surface area contributed by atoms with Crippen molar-refractivity contribution in [1.29, 1.82) is 0 Å². The fourth-order valence-electron chi connectivity index (χ4n) is 2.40. The van der Waals surface area contributed by atoms with Crippen molar-refractivity contribution in [2.24, 2.45) is 0 Å². The molecular weight excluding hydrogens is 337 g/mol. The zero-order chi connectivity index (χ0) is 18.1. The predicted octanol–water partition coefficient (Wildman–Crippen LogP) is 1.42. The number of carbonyl (C=O) groups excluding carboxylic acids is 2. The number of hydrogen-bond acceptors (Lipinski definition) is 5. The van der Waals surface area contributed by atoms with E-state index in [1.165, 1.54) is 25.1 Å². The van der Waals surface area contributed by atoms with E-state index in [0.717, 1.165) is 6.08 Å². The molecule has 0 saturated carbocycles. The van der Waals surface area contributed by atoms with E-state index in [9.17, 15) is 24.4 Å². The number of aliphatic hydroxyl groups is 1. The summed E-state index contributed by atoms with van der Waals surface area (Å²) in [5.41, 5.74) is -0.230. The van der Waals surface area contributed by atoms with Crippen molar-refractivity contribution in [3.8, 4) is 5.75 Å². The van der Waals surface area contributed by atoms with Crippen LogP contribution >= 0.6 is 7.75 Å². The van der Waals surface area contributed by atoms with Crippen LogP contribution in [0, 0.1) is 0 Å². The largest absolute Gasteiger partial charge is 0.508 e. The first-order valence-electron chi connectivity index (χ1n) is 6.92. The number of ketones is 2. The highest BCUT2D eigenvalue weighted by atomic mass is 31.2. The Hall–Kier alpha value is -2.41. The molecule has 0 saturated heterocycles. The van der Waals surface area contributed by atoms with Crippen LogP contribution in [-0.4, -0.2) is 31.6 Å². The van der Waals surface area contributed by atoms with Crippen LogP contribution in [-0.2, 0) is 14.2 Å². The first kappa shape index (κ1) is 17.9. The molecule has 9 heteroatoms. The number of benzene rings is 1. The van der Waals surface area contributed by atoms with E-state index in [1.54, 1.807) is 6.07 Å². The zero-order valence-electron chi connectivity index (χ0n) is 12.6. The van der Waals surface area contributed by atoms with Crippen molar-refractivity contribution in [2.75, 3.05) is 0 Å². The van der Waals surface area contributed by atoms with Gasteiger partial charge in [0.1, 0.15) is 11.5 Å². The van der Waals surface area contributed by atoms with Crippen molar-refractivity contribution in [2.45, 2.75) is 19.3 Å². The third-order valence-electron chi connectivity index (χ3n) is 3.50. The molecule has 0 heterocycles. The topological polar surface area (TPSA) is 144 Å². The average molecular weight is 353 g/mol. The Labute approximate surface area is 137 Å². The van der Waals surface area contributed by atoms with Crippen LogP contribution in [0.4, 0.5) is 0 Å². The fourth-order valence-corrected chi connectivity index (χ4v) is 2.94. The van der Waals surface area contributed by atoms with Gasteiger partial charge in [-0.2, -0.15) is 0 Å². The van der Waals surface area contributed by atoms with Crippen LogP contribution < -0.4 is 5.09 Å². The number of phenolic OH excluding ortho intramolecular Hbond substituents is 1. The van der Waals surface area contributed by atoms with Crippen molar-refractivity contribution >= 4 is 19.3 Å². The molecule has 1 aliphatic carbocycles. The van der Waals surface area contributed by atoms with Gasteiger partial charge >= 0.3 is 7.75 Å². The van der Waals surface area contributed by atoms with Crippen molar-refractivity contribution in [3.05, 3.63) is 52.9 Å². The molecule has 0 radical (unpaired) electrons. The maximum atomic E-state index is 12.7. The molecule has 1 aliphatic rings. The number of phenols is 1. The standard InChI is InChI=1S/C15H16NO7P/c1-8(9-3-2-4-10(17)5-9)15(20)14-12(16-24(21,22)23)6-11(18)7-13(14)19/h2-5,7-8,17,19H,6H2,1H3,(H3,16,21,22,23). The summed E-state index contributed by atoms with van der Waals surface area (Å²) in [4.78, 5) is 42.3. The highest BCUT2D eigenvalue weighted by molar-refractivity contribution is 7.49. The van der Waals surface area contributed by atoms with E-state index < -0.39 is 37.4 Å². The minimum Gasteiger partial charge on any atom is -0.508 e. The van der Waals surface area contributed by atoms with E-state index >= 15 is 0 Å². The second-order valence-electron chi connectivity index (χ2n) is 5.36. The molecule has 0 aromatic heterocycles. The van der Waals surface area contributed by atoms with Crippen LogP contribution in [0.5, 0.6) is 5.75 Å². The molecule has 1 unspecified atom stereocenters. The molecule has 1 aromatic carbocycles. The number of rotatable bonds is 5. The number of hydrogen-bond donors (Lipinski definition) is 5. The van der Waals surface area contributed by atoms with Gasteiger partial charge in [0.2, 0.25) is 0 Å². The molecule has 8 nitrogen and oxygen atoms in total. The van der Waals surface area contributed by atoms with Crippen molar-refractivity contribution in [1.82, 2.24) is 5.09 Å². The van der Waals surface area contributed by atoms with Crippen LogP contribution in [0.2, 0.25) is 0 Å². The summed E-state index contributed by atoms with van der Waals surface area (Å²) >= 11 is 0. The van der Waals surface area contributed by atoms with E-state index in [2.05, 4.69) is 0 Å². The van der Waals surface area contributed by atoms with Gasteiger partial charge in [-0.25, -0.2) is 4.57 Å². The third-order valence-corrected chi connectivity index (χ3v) is 4.06. The van der Waals surface area contributed by atoms with E-state index in [4.69, 9.17) is 9.79 Å². The minimum atomic E-state index is -4.76. The fraction of sp³-hybridized carbons (Fsp3) is 0.200. The summed E-state index contributed by atoms with van der Waals surface area (Å²) in [5, 5.41) is 21.3. The van der Waals surface area contributed by atoms with Crippen molar-refractivity contribution in [3.63, 3.8) is 0 Å². The molecule has 0 spiro atoms. The average Bonchev–Trinajstić information content (AvgIpc) is 2.43. The van der Waals surface area contributed by atoms with Gasteiger partial charge in [-0.05, 0) is 17.7 Å². The Morgan fingerprint density at radius 1 is 1.29 bits per heavy atom. The first-order valence-corrected chi connectivity index (χ1v) is 8.53. The molecule has 2 rings (SSSR count). The van der Waals surface area contributed by atoms with Crippen LogP contribution in [0.3, 0.4) is 0 Å². The molecule has 0 fully saturated rings. The number of Topliss-reactive ketones (excluding diaryl/α,β-unsaturated/α-hetero) is 1. The molecule has 128 valence electrons. The van der Waals surface area contributed by atoms with Crippen LogP contribution in [0.15, 0.2) is 47.4 Å². The molecule has 0 aliphatic heterocycles. The number of carbonyl (C=O) groups is 2. The minimum absolute atomic E-state index is 0.0479. The molecule has 0 amide bonds. The second-order valence-corrected chi connectivity index (χ2v) is 6.67. The molecule has 0 bridgehead atoms. The number of nitrogens with one attached hydrogen (secondary N) is 1. The Balaban J connectivity index is 2.45. The van der Waals surface area contributed by atoms with Gasteiger partial charge < -0.3 is 20.0 Å². The lowest BCUT2D eigenvalue weighted by Gasteiger charge is -2.21. The molecule has 1 atom stereocenters. The number of aromatic hydroxyl groups is 1. The summed E-state index contributed by atoms with van der Waals surface area (Å²) in [7, 11) is -4.76. The molecular formula is C15H16NO7P. The SMILES string of the molecule is CC(C(=O)C1=C(NP(=O)(O)O)CC(=O)C=C1O)c1cccc(O)c1. The highest BCUT2D eigenvalue weighted by Crippen LogP contribution is 2.36. The third kappa shape index (κ3) is 4.11. The lowest BCUT2D eigenvalue weighted by atomic mass is 9.87. The Morgan fingerprint density at radius 2 is 1.96 bits per heavy atom. The molecule has 5 N–H and O–H groups in total. The van der Waals surface area contributed by atoms with Gasteiger partial charge in [0.05, 0.1) is 12.0 Å². The van der Waals surface area contributed by atoms with E-state index in [-0.39, 0.29) is 17.0 Å². The van der Waals surface area contributed by atoms with Gasteiger partial charge in [0.15, 0.2) is 11.6 Å². The Kier molecular flexibility index (Phi) is 4.94. The first-order chi connectivity index (χ1) is 11.1. The summed E-state index contributed by atoms with van der Waals surface area (Å²) in [6.07, 6.45) is 0.399. The quantitative estimate of drug-likeness (QED) is 0.500. The normalized spacial score (nSPS) is 16.6. The maximum Gasteiger partial charge on any atom is 0.427 e. The van der Waals surface area contributed by atoms with E-state index in [0.29, 0.717) is 5.56 Å². The van der Waals surface area contributed by atoms with Gasteiger partial charge in [-0.1, -0.05) is 19.1 Å². The summed E-state index contributed by atoms with van der Waals surface area (Å²) < 4.78 is 11.2. The smallest absolute Gasteiger partial charge is 0.427 e. The Morgan fingerprint density at radius 3 is 2.54 bits per heavy atom. The van der Waals surface area contributed by atoms with Gasteiger partial charge in [-0.3, -0.25) is 14.7 Å². The van der Waals surface area contributed by atoms with Gasteiger partial charge in [0.25, 0.3) is 0 Å². The lowest BCUT2D eigenvalue weighted by Crippen LogP contribution is -2.25. The predicted molar refractivity (Wildman–Crippen MR) is 84.1 cm³/mol. The van der Waals surface area contributed by atoms with Gasteiger partial charge in [0, 0.05) is 17.7 Å². The summed E-state index contributed by atoms with van der Waals surface area (Å²) in [6, 6.07) is 5.93. The number of allylic oxidation sites excluding steroid dienone is 3. The zero-order valence-corrected chi connectivity index (χ0v) is 13.5. The Bertz CT molecular complexity index is 806. The summed E-state index contributed by atoms with van der Waals surface area (Å²) in [6.45, 7) is 1.52. The molecule has 1 aromatic rings. The van der Waals surface area contributed by atoms with Gasteiger partial charge in [-0.15, -0.1) is 0 Å². The molecule has 24 heavy (non-hydrogen) atoms. The van der Waals surface area contributed by atoms with Crippen LogP contribution in [0.1, 0.15) is 24.8 Å². The highest BCUT2D eigenvalue weighted by Gasteiger charge is 2.32. The monoisotopic (exact) mass is 353 g/mol. The van der Waals surface area contributed by atoms with E-state index in [1.807, 2.05) is 5.09 Å². The number of aliphatic hydroxyl groups excluding tert-OH is 1. The summed E-state index contributed by atoms with van der Waals surface area (Å²) in [5.74, 6) is -2.75.